The number of anilines is 2. The Bertz CT molecular complexity index is 1820. The number of hydrogen-bond acceptors (Lipinski definition) is 6. The molecule has 2 bridgehead atoms. The predicted octanol–water partition coefficient (Wildman–Crippen LogP) is 5.36. The largest absolute Gasteiger partial charge is 0.497 e. The fourth-order valence-corrected chi connectivity index (χ4v) is 7.95. The van der Waals surface area contributed by atoms with Crippen LogP contribution in [0.5, 0.6) is 11.5 Å². The fourth-order valence-electron chi connectivity index (χ4n) is 7.95. The number of ether oxygens (including phenoxy) is 2. The van der Waals surface area contributed by atoms with E-state index in [0.717, 1.165) is 22.3 Å². The molecule has 224 valence electrons. The lowest BCUT2D eigenvalue weighted by Gasteiger charge is -2.45. The van der Waals surface area contributed by atoms with Crippen molar-refractivity contribution in [2.24, 2.45) is 17.8 Å². The molecule has 0 N–H and O–H groups in total. The minimum atomic E-state index is -0.632. The van der Waals surface area contributed by atoms with Gasteiger partial charge in [0.15, 0.2) is 0 Å². The molecule has 0 unspecified atom stereocenters. The monoisotopic (exact) mass is 598 g/mol. The van der Waals surface area contributed by atoms with Crippen molar-refractivity contribution in [1.82, 2.24) is 0 Å². The van der Waals surface area contributed by atoms with Crippen molar-refractivity contribution in [3.63, 3.8) is 0 Å². The van der Waals surface area contributed by atoms with Crippen LogP contribution in [0.2, 0.25) is 0 Å². The standard InChI is InChI=1S/C37H30N2O6/c1-20-16-24(45-37(43)21-17-30(40)38(19-21)22-8-7-9-23(18-22)44-2)14-15-29(20)39-35(41)33-31-25-10-3-4-11-26(25)32(34(33)36(39)42)28-13-6-5-12-27(28)31/h3-16,18,21,31-34H,17,19H2,1-2H3/t21-,31?,32?,33-,34-/m1/s1. The lowest BCUT2D eigenvalue weighted by Crippen LogP contribution is -2.41. The van der Waals surface area contributed by atoms with Gasteiger partial charge in [0.2, 0.25) is 17.7 Å². The first-order valence-electron chi connectivity index (χ1n) is 15.2. The number of hydrogen-bond donors (Lipinski definition) is 0. The molecule has 2 fully saturated rings. The van der Waals surface area contributed by atoms with Crippen LogP contribution in [0.4, 0.5) is 11.4 Å². The van der Waals surface area contributed by atoms with E-state index in [4.69, 9.17) is 9.47 Å². The van der Waals surface area contributed by atoms with Gasteiger partial charge in [0.25, 0.3) is 0 Å². The normalized spacial score (nSPS) is 24.4. The van der Waals surface area contributed by atoms with E-state index in [1.807, 2.05) is 24.3 Å². The van der Waals surface area contributed by atoms with Gasteiger partial charge in [-0.3, -0.25) is 19.2 Å². The number of amides is 3. The Morgan fingerprint density at radius 1 is 0.733 bits per heavy atom. The number of benzene rings is 4. The van der Waals surface area contributed by atoms with Crippen LogP contribution in [0.15, 0.2) is 91.0 Å². The maximum Gasteiger partial charge on any atom is 0.316 e. The number of imide groups is 1. The zero-order chi connectivity index (χ0) is 31.0. The van der Waals surface area contributed by atoms with E-state index in [1.165, 1.54) is 4.90 Å². The van der Waals surface area contributed by atoms with Gasteiger partial charge in [-0.2, -0.15) is 0 Å². The molecule has 9 rings (SSSR count). The van der Waals surface area contributed by atoms with Crippen LogP contribution >= 0.6 is 0 Å². The SMILES string of the molecule is COc1cccc(N2C[C@H](C(=O)Oc3ccc(N4C(=O)[C@@H]5C6c7ccccc7C(c7ccccc76)[C@H]5C4=O)c(C)c3)CC2=O)c1. The van der Waals surface area contributed by atoms with Crippen molar-refractivity contribution in [3.8, 4) is 11.5 Å². The molecule has 45 heavy (non-hydrogen) atoms. The Balaban J connectivity index is 1.04. The minimum absolute atomic E-state index is 0.0414. The number of methoxy groups -OCH3 is 1. The highest BCUT2D eigenvalue weighted by Gasteiger charge is 2.61. The Labute approximate surface area is 260 Å². The van der Waals surface area contributed by atoms with Crippen LogP contribution in [0, 0.1) is 24.7 Å². The number of carbonyl (C=O) groups excluding carboxylic acids is 4. The summed E-state index contributed by atoms with van der Waals surface area (Å²) in [6.07, 6.45) is 0.0414. The van der Waals surface area contributed by atoms with Gasteiger partial charge in [-0.15, -0.1) is 0 Å². The van der Waals surface area contributed by atoms with E-state index in [0.29, 0.717) is 28.4 Å². The Hall–Kier alpha value is -5.24. The second-order valence-corrected chi connectivity index (χ2v) is 12.3. The summed E-state index contributed by atoms with van der Waals surface area (Å²) >= 11 is 0. The molecular formula is C37H30N2O6. The van der Waals surface area contributed by atoms with E-state index in [2.05, 4.69) is 24.3 Å². The van der Waals surface area contributed by atoms with E-state index in [1.54, 1.807) is 61.4 Å². The summed E-state index contributed by atoms with van der Waals surface area (Å²) < 4.78 is 11.0. The molecule has 0 aromatic heterocycles. The van der Waals surface area contributed by atoms with Crippen molar-refractivity contribution >= 4 is 35.1 Å². The van der Waals surface area contributed by atoms with Gasteiger partial charge in [0.05, 0.1) is 30.6 Å². The summed E-state index contributed by atoms with van der Waals surface area (Å²) in [5.74, 6) is -2.09. The van der Waals surface area contributed by atoms with Crippen molar-refractivity contribution in [1.29, 1.82) is 0 Å². The number of rotatable bonds is 5. The van der Waals surface area contributed by atoms with Gasteiger partial charge in [-0.1, -0.05) is 54.6 Å². The van der Waals surface area contributed by atoms with Crippen LogP contribution in [-0.4, -0.2) is 37.3 Å². The first-order chi connectivity index (χ1) is 21.9. The topological polar surface area (TPSA) is 93.2 Å². The molecule has 2 heterocycles. The van der Waals surface area contributed by atoms with Crippen LogP contribution in [-0.2, 0) is 19.2 Å². The van der Waals surface area contributed by atoms with Gasteiger partial charge in [0.1, 0.15) is 11.5 Å². The number of carbonyl (C=O) groups is 4. The molecule has 2 aliphatic heterocycles. The lowest BCUT2D eigenvalue weighted by molar-refractivity contribution is -0.139. The summed E-state index contributed by atoms with van der Waals surface area (Å²) in [6, 6.07) is 28.4. The van der Waals surface area contributed by atoms with Gasteiger partial charge in [0, 0.05) is 36.6 Å². The Kier molecular flexibility index (Phi) is 6.17. The molecule has 4 aromatic carbocycles. The quantitative estimate of drug-likeness (QED) is 0.175. The molecule has 0 spiro atoms. The smallest absolute Gasteiger partial charge is 0.316 e. The van der Waals surface area contributed by atoms with Crippen LogP contribution < -0.4 is 19.3 Å². The molecule has 2 saturated heterocycles. The number of aryl methyl sites for hydroxylation is 1. The van der Waals surface area contributed by atoms with Crippen molar-refractivity contribution in [2.45, 2.75) is 25.2 Å². The highest BCUT2D eigenvalue weighted by molar-refractivity contribution is 6.23. The zero-order valence-corrected chi connectivity index (χ0v) is 24.8. The van der Waals surface area contributed by atoms with E-state index in [9.17, 15) is 19.2 Å². The first-order valence-corrected chi connectivity index (χ1v) is 15.2. The minimum Gasteiger partial charge on any atom is -0.497 e. The molecule has 0 radical (unpaired) electrons. The average Bonchev–Trinajstić information content (AvgIpc) is 3.58. The maximum atomic E-state index is 14.1. The number of nitrogens with zero attached hydrogens (tertiary/aromatic N) is 2. The molecule has 8 heteroatoms. The molecular weight excluding hydrogens is 568 g/mol. The Morgan fingerprint density at radius 2 is 1.33 bits per heavy atom. The fraction of sp³-hybridized carbons (Fsp3) is 0.243. The summed E-state index contributed by atoms with van der Waals surface area (Å²) in [5.41, 5.74) is 6.30. The molecule has 3 aliphatic carbocycles. The van der Waals surface area contributed by atoms with Crippen molar-refractivity contribution in [2.75, 3.05) is 23.5 Å². The Morgan fingerprint density at radius 3 is 1.89 bits per heavy atom. The molecule has 8 nitrogen and oxygen atoms in total. The average molecular weight is 599 g/mol. The summed E-state index contributed by atoms with van der Waals surface area (Å²) in [7, 11) is 1.56. The van der Waals surface area contributed by atoms with Crippen molar-refractivity contribution < 1.29 is 28.7 Å². The summed E-state index contributed by atoms with van der Waals surface area (Å²) in [6.45, 7) is 2.01. The molecule has 3 amide bonds. The van der Waals surface area contributed by atoms with Crippen LogP contribution in [0.3, 0.4) is 0 Å². The lowest BCUT2D eigenvalue weighted by atomic mass is 9.55. The van der Waals surface area contributed by atoms with E-state index >= 15 is 0 Å². The highest BCUT2D eigenvalue weighted by atomic mass is 16.5. The maximum absolute atomic E-state index is 14.1. The van der Waals surface area contributed by atoms with Gasteiger partial charge >= 0.3 is 5.97 Å². The van der Waals surface area contributed by atoms with Gasteiger partial charge in [-0.05, 0) is 65.1 Å². The molecule has 4 aromatic rings. The second-order valence-electron chi connectivity index (χ2n) is 12.3. The van der Waals surface area contributed by atoms with Crippen LogP contribution in [0.1, 0.15) is 46.1 Å². The highest BCUT2D eigenvalue weighted by Crippen LogP contribution is 2.61. The van der Waals surface area contributed by atoms with E-state index in [-0.39, 0.29) is 42.5 Å². The van der Waals surface area contributed by atoms with Gasteiger partial charge in [-0.25, -0.2) is 4.90 Å². The first kappa shape index (κ1) is 27.3. The molecule has 0 saturated carbocycles. The van der Waals surface area contributed by atoms with Gasteiger partial charge < -0.3 is 14.4 Å². The summed E-state index contributed by atoms with van der Waals surface area (Å²) in [5, 5.41) is 0. The zero-order valence-electron chi connectivity index (χ0n) is 24.8. The second kappa shape index (κ2) is 10.2. The third-order valence-corrected chi connectivity index (χ3v) is 9.90. The third-order valence-electron chi connectivity index (χ3n) is 9.90. The molecule has 5 aliphatic rings. The third kappa shape index (κ3) is 4.05. The molecule has 3 atom stereocenters. The van der Waals surface area contributed by atoms with E-state index < -0.39 is 23.7 Å². The summed E-state index contributed by atoms with van der Waals surface area (Å²) in [4.78, 5) is 57.1. The van der Waals surface area contributed by atoms with Crippen LogP contribution in [0.25, 0.3) is 0 Å². The predicted molar refractivity (Wildman–Crippen MR) is 166 cm³/mol. The van der Waals surface area contributed by atoms with Crippen molar-refractivity contribution in [3.05, 3.63) is 119 Å². The number of esters is 1.